The average molecular weight is 443 g/mol. The van der Waals surface area contributed by atoms with Gasteiger partial charge in [-0.25, -0.2) is 12.8 Å². The molecular formula is C23H23FN2O4S. The maximum absolute atomic E-state index is 13.8. The topological polar surface area (TPSA) is 84.5 Å². The Morgan fingerprint density at radius 2 is 1.58 bits per heavy atom. The fraction of sp³-hybridized carbons (Fsp3) is 0.174. The highest BCUT2D eigenvalue weighted by Crippen LogP contribution is 2.21. The summed E-state index contributed by atoms with van der Waals surface area (Å²) in [7, 11) is -3.77. The van der Waals surface area contributed by atoms with E-state index in [1.54, 1.807) is 25.1 Å². The number of anilines is 2. The molecule has 6 nitrogen and oxygen atoms in total. The Balaban J connectivity index is 1.67. The van der Waals surface area contributed by atoms with E-state index in [0.717, 1.165) is 5.56 Å². The Kier molecular flexibility index (Phi) is 6.91. The molecule has 0 bridgehead atoms. The van der Waals surface area contributed by atoms with Crippen molar-refractivity contribution in [2.24, 2.45) is 0 Å². The van der Waals surface area contributed by atoms with E-state index in [9.17, 15) is 17.6 Å². The van der Waals surface area contributed by atoms with Gasteiger partial charge in [-0.15, -0.1) is 0 Å². The average Bonchev–Trinajstić information content (AvgIpc) is 2.75. The Morgan fingerprint density at radius 3 is 2.19 bits per heavy atom. The molecular weight excluding hydrogens is 419 g/mol. The van der Waals surface area contributed by atoms with E-state index in [1.807, 2.05) is 19.1 Å². The number of benzene rings is 3. The predicted molar refractivity (Wildman–Crippen MR) is 118 cm³/mol. The molecule has 1 amide bonds. The summed E-state index contributed by atoms with van der Waals surface area (Å²) >= 11 is 0. The van der Waals surface area contributed by atoms with Crippen LogP contribution in [0.4, 0.5) is 15.8 Å². The Bertz CT molecular complexity index is 1150. The lowest BCUT2D eigenvalue weighted by Gasteiger charge is -2.17. The largest absolute Gasteiger partial charge is 0.478 e. The van der Waals surface area contributed by atoms with E-state index in [2.05, 4.69) is 10.0 Å². The summed E-state index contributed by atoms with van der Waals surface area (Å²) in [5.41, 5.74) is 1.88. The molecule has 31 heavy (non-hydrogen) atoms. The lowest BCUT2D eigenvalue weighted by molar-refractivity contribution is -0.122. The molecule has 0 radical (unpaired) electrons. The molecule has 0 unspecified atom stereocenters. The second-order valence-electron chi connectivity index (χ2n) is 6.93. The number of nitrogens with one attached hydrogen (secondary N) is 2. The second kappa shape index (κ2) is 9.61. The number of hydrogen-bond donors (Lipinski definition) is 2. The molecule has 0 aliphatic heterocycles. The summed E-state index contributed by atoms with van der Waals surface area (Å²) in [6.45, 7) is 3.66. The van der Waals surface area contributed by atoms with Gasteiger partial charge < -0.3 is 10.1 Å². The highest BCUT2D eigenvalue weighted by molar-refractivity contribution is 7.92. The number of rotatable bonds is 8. The van der Waals surface area contributed by atoms with Gasteiger partial charge in [0.1, 0.15) is 0 Å². The van der Waals surface area contributed by atoms with Gasteiger partial charge in [-0.2, -0.15) is 0 Å². The van der Waals surface area contributed by atoms with Crippen molar-refractivity contribution in [3.8, 4) is 5.75 Å². The molecule has 3 rings (SSSR count). The lowest BCUT2D eigenvalue weighted by Crippen LogP contribution is -2.32. The van der Waals surface area contributed by atoms with Crippen LogP contribution in [0.5, 0.6) is 5.75 Å². The first kappa shape index (κ1) is 22.3. The fourth-order valence-electron chi connectivity index (χ4n) is 2.79. The van der Waals surface area contributed by atoms with Crippen molar-refractivity contribution >= 4 is 27.3 Å². The van der Waals surface area contributed by atoms with Gasteiger partial charge in [-0.05, 0) is 61.9 Å². The molecule has 1 atom stereocenters. The first-order valence-corrected chi connectivity index (χ1v) is 11.2. The summed E-state index contributed by atoms with van der Waals surface area (Å²) in [6.07, 6.45) is -0.573. The number of para-hydroxylation sites is 1. The number of amides is 1. The SMILES string of the molecule is CC[C@H](Oc1ccccc1F)C(=O)Nc1ccc(S(=O)(=O)Nc2ccc(C)cc2)cc1. The van der Waals surface area contributed by atoms with Crippen molar-refractivity contribution < 1.29 is 22.3 Å². The number of carbonyl (C=O) groups excluding carboxylic acids is 1. The molecule has 2 N–H and O–H groups in total. The summed E-state index contributed by atoms with van der Waals surface area (Å²) in [6, 6.07) is 18.6. The van der Waals surface area contributed by atoms with Gasteiger partial charge in [-0.1, -0.05) is 36.8 Å². The van der Waals surface area contributed by atoms with Crippen LogP contribution in [0.1, 0.15) is 18.9 Å². The normalized spacial score (nSPS) is 12.1. The molecule has 162 valence electrons. The van der Waals surface area contributed by atoms with Crippen LogP contribution in [-0.2, 0) is 14.8 Å². The van der Waals surface area contributed by atoms with Crippen molar-refractivity contribution in [3.05, 3.63) is 84.2 Å². The molecule has 0 saturated carbocycles. The third kappa shape index (κ3) is 5.82. The lowest BCUT2D eigenvalue weighted by atomic mass is 10.2. The maximum atomic E-state index is 13.8. The number of sulfonamides is 1. The smallest absolute Gasteiger partial charge is 0.265 e. The molecule has 0 aliphatic rings. The molecule has 0 fully saturated rings. The maximum Gasteiger partial charge on any atom is 0.265 e. The third-order valence-electron chi connectivity index (χ3n) is 4.51. The van der Waals surface area contributed by atoms with Crippen LogP contribution in [0.25, 0.3) is 0 Å². The molecule has 0 saturated heterocycles. The van der Waals surface area contributed by atoms with Crippen molar-refractivity contribution in [2.75, 3.05) is 10.0 Å². The quantitative estimate of drug-likeness (QED) is 0.528. The zero-order valence-electron chi connectivity index (χ0n) is 17.1. The molecule has 8 heteroatoms. The minimum absolute atomic E-state index is 0.00637. The van der Waals surface area contributed by atoms with Gasteiger partial charge in [0.2, 0.25) is 0 Å². The van der Waals surface area contributed by atoms with Gasteiger partial charge in [-0.3, -0.25) is 9.52 Å². The van der Waals surface area contributed by atoms with Crippen LogP contribution in [0, 0.1) is 12.7 Å². The van der Waals surface area contributed by atoms with Gasteiger partial charge in [0.05, 0.1) is 4.90 Å². The number of carbonyl (C=O) groups is 1. The van der Waals surface area contributed by atoms with Crippen molar-refractivity contribution in [3.63, 3.8) is 0 Å². The Labute approximate surface area is 181 Å². The van der Waals surface area contributed by atoms with Gasteiger partial charge in [0.15, 0.2) is 17.7 Å². The summed E-state index contributed by atoms with van der Waals surface area (Å²) < 4.78 is 46.9. The first-order chi connectivity index (χ1) is 14.8. The van der Waals surface area contributed by atoms with E-state index >= 15 is 0 Å². The van der Waals surface area contributed by atoms with Crippen LogP contribution < -0.4 is 14.8 Å². The summed E-state index contributed by atoms with van der Waals surface area (Å²) in [4.78, 5) is 12.6. The standard InChI is InChI=1S/C23H23FN2O4S/c1-3-21(30-22-7-5-4-6-20(22)24)23(27)25-17-12-14-19(15-13-17)31(28,29)26-18-10-8-16(2)9-11-18/h4-15,21,26H,3H2,1-2H3,(H,25,27)/t21-/m0/s1. The zero-order valence-corrected chi connectivity index (χ0v) is 17.9. The van der Waals surface area contributed by atoms with Crippen LogP contribution in [0.2, 0.25) is 0 Å². The van der Waals surface area contributed by atoms with Crippen molar-refractivity contribution in [2.45, 2.75) is 31.3 Å². The molecule has 0 heterocycles. The number of aryl methyl sites for hydroxylation is 1. The number of halogens is 1. The van der Waals surface area contributed by atoms with Crippen molar-refractivity contribution in [1.82, 2.24) is 0 Å². The molecule has 0 spiro atoms. The monoisotopic (exact) mass is 442 g/mol. The van der Waals surface area contributed by atoms with Crippen LogP contribution in [0.15, 0.2) is 77.7 Å². The minimum Gasteiger partial charge on any atom is -0.478 e. The highest BCUT2D eigenvalue weighted by atomic mass is 32.2. The number of ether oxygens (including phenoxy) is 1. The molecule has 3 aromatic carbocycles. The fourth-order valence-corrected chi connectivity index (χ4v) is 3.85. The third-order valence-corrected chi connectivity index (χ3v) is 5.90. The zero-order chi connectivity index (χ0) is 22.4. The first-order valence-electron chi connectivity index (χ1n) is 9.70. The molecule has 0 aliphatic carbocycles. The van der Waals surface area contributed by atoms with Gasteiger partial charge >= 0.3 is 0 Å². The summed E-state index contributed by atoms with van der Waals surface area (Å²) in [5.74, 6) is -1.02. The Morgan fingerprint density at radius 1 is 0.968 bits per heavy atom. The van der Waals surface area contributed by atoms with Crippen molar-refractivity contribution in [1.29, 1.82) is 0 Å². The van der Waals surface area contributed by atoms with E-state index in [0.29, 0.717) is 17.8 Å². The Hall–Kier alpha value is -3.39. The van der Waals surface area contributed by atoms with Gasteiger partial charge in [0.25, 0.3) is 15.9 Å². The number of hydrogen-bond acceptors (Lipinski definition) is 4. The second-order valence-corrected chi connectivity index (χ2v) is 8.61. The van der Waals surface area contributed by atoms with E-state index in [1.165, 1.54) is 42.5 Å². The predicted octanol–water partition coefficient (Wildman–Crippen LogP) is 4.73. The highest BCUT2D eigenvalue weighted by Gasteiger charge is 2.20. The van der Waals surface area contributed by atoms with Crippen LogP contribution >= 0.6 is 0 Å². The van der Waals surface area contributed by atoms with E-state index in [4.69, 9.17) is 4.74 Å². The minimum atomic E-state index is -3.77. The summed E-state index contributed by atoms with van der Waals surface area (Å²) in [5, 5.41) is 2.67. The van der Waals surface area contributed by atoms with E-state index < -0.39 is 27.9 Å². The van der Waals surface area contributed by atoms with Gasteiger partial charge in [0, 0.05) is 11.4 Å². The van der Waals surface area contributed by atoms with Crippen LogP contribution in [0.3, 0.4) is 0 Å². The molecule has 3 aromatic rings. The molecule has 0 aromatic heterocycles. The van der Waals surface area contributed by atoms with Crippen LogP contribution in [-0.4, -0.2) is 20.4 Å². The van der Waals surface area contributed by atoms with E-state index in [-0.39, 0.29) is 10.6 Å².